The highest BCUT2D eigenvalue weighted by atomic mass is 16.2. The van der Waals surface area contributed by atoms with Crippen LogP contribution in [0, 0.1) is 0 Å². The van der Waals surface area contributed by atoms with Crippen molar-refractivity contribution in [1.29, 1.82) is 0 Å². The molecule has 1 atom stereocenters. The van der Waals surface area contributed by atoms with E-state index in [0.29, 0.717) is 6.54 Å². The van der Waals surface area contributed by atoms with E-state index < -0.39 is 0 Å². The number of nitrogens with two attached hydrogens (primary N) is 1. The molecule has 1 aliphatic heterocycles. The van der Waals surface area contributed by atoms with Gasteiger partial charge in [-0.05, 0) is 6.92 Å². The minimum absolute atomic E-state index is 0.0266. The van der Waals surface area contributed by atoms with Gasteiger partial charge in [0.15, 0.2) is 0 Å². The van der Waals surface area contributed by atoms with Gasteiger partial charge < -0.3 is 5.32 Å². The lowest BCUT2D eigenvalue weighted by molar-refractivity contribution is -0.135. The van der Waals surface area contributed by atoms with Gasteiger partial charge in [-0.15, -0.1) is 0 Å². The van der Waals surface area contributed by atoms with E-state index in [1.54, 1.807) is 6.92 Å². The smallest absolute Gasteiger partial charge is 0.253 e. The van der Waals surface area contributed by atoms with Crippen LogP contribution < -0.4 is 11.2 Å². The minimum atomic E-state index is -0.108. The first-order valence-corrected chi connectivity index (χ1v) is 3.01. The molecule has 3 N–H and O–H groups in total. The largest absolute Gasteiger partial charge is 0.304 e. The SMILES string of the molecule is CC1NCCN(N)C1=O. The molecule has 1 fully saturated rings. The van der Waals surface area contributed by atoms with Gasteiger partial charge in [-0.2, -0.15) is 0 Å². The van der Waals surface area contributed by atoms with Crippen LogP contribution in [0.4, 0.5) is 0 Å². The number of nitrogens with zero attached hydrogens (tertiary/aromatic N) is 1. The van der Waals surface area contributed by atoms with Crippen molar-refractivity contribution < 1.29 is 4.79 Å². The van der Waals surface area contributed by atoms with Crippen molar-refractivity contribution in [1.82, 2.24) is 10.3 Å². The zero-order valence-electron chi connectivity index (χ0n) is 5.42. The molecule has 1 saturated heterocycles. The first-order chi connectivity index (χ1) is 4.22. The van der Waals surface area contributed by atoms with Crippen LogP contribution in [-0.4, -0.2) is 30.0 Å². The predicted molar refractivity (Wildman–Crippen MR) is 33.4 cm³/mol. The van der Waals surface area contributed by atoms with Crippen LogP contribution in [-0.2, 0) is 4.79 Å². The maximum Gasteiger partial charge on any atom is 0.253 e. The van der Waals surface area contributed by atoms with Gasteiger partial charge in [-0.1, -0.05) is 0 Å². The van der Waals surface area contributed by atoms with Gasteiger partial charge in [0, 0.05) is 13.1 Å². The molecule has 0 aromatic heterocycles. The van der Waals surface area contributed by atoms with Crippen molar-refractivity contribution in [3.05, 3.63) is 0 Å². The molecule has 1 aliphatic rings. The molecular weight excluding hydrogens is 118 g/mol. The summed E-state index contributed by atoms with van der Waals surface area (Å²) in [5, 5.41) is 4.24. The number of nitrogens with one attached hydrogen (secondary N) is 1. The van der Waals surface area contributed by atoms with E-state index in [4.69, 9.17) is 5.84 Å². The third kappa shape index (κ3) is 1.20. The Morgan fingerprint density at radius 1 is 1.89 bits per heavy atom. The number of amides is 1. The molecule has 4 nitrogen and oxygen atoms in total. The highest BCUT2D eigenvalue weighted by molar-refractivity contribution is 5.81. The maximum absolute atomic E-state index is 10.9. The fraction of sp³-hybridized carbons (Fsp3) is 0.800. The topological polar surface area (TPSA) is 58.4 Å². The number of rotatable bonds is 0. The summed E-state index contributed by atoms with van der Waals surface area (Å²) < 4.78 is 0. The standard InChI is InChI=1S/C5H11N3O/c1-4-5(9)8(6)3-2-7-4/h4,7H,2-3,6H2,1H3. The zero-order valence-corrected chi connectivity index (χ0v) is 5.42. The molecule has 9 heavy (non-hydrogen) atoms. The summed E-state index contributed by atoms with van der Waals surface area (Å²) in [7, 11) is 0. The van der Waals surface area contributed by atoms with E-state index in [1.807, 2.05) is 0 Å². The van der Waals surface area contributed by atoms with Gasteiger partial charge in [0.25, 0.3) is 5.91 Å². The second-order valence-corrected chi connectivity index (χ2v) is 2.21. The molecule has 1 amide bonds. The second kappa shape index (κ2) is 2.33. The lowest BCUT2D eigenvalue weighted by atomic mass is 10.2. The van der Waals surface area contributed by atoms with Crippen LogP contribution in [0.1, 0.15) is 6.92 Å². The Bertz CT molecular complexity index is 113. The fourth-order valence-electron chi connectivity index (χ4n) is 0.848. The van der Waals surface area contributed by atoms with Gasteiger partial charge in [-0.3, -0.25) is 9.80 Å². The highest BCUT2D eigenvalue weighted by Crippen LogP contribution is 1.93. The van der Waals surface area contributed by atoms with Crippen LogP contribution in [0.15, 0.2) is 0 Å². The highest BCUT2D eigenvalue weighted by Gasteiger charge is 2.21. The number of hydrogen-bond acceptors (Lipinski definition) is 3. The van der Waals surface area contributed by atoms with E-state index in [0.717, 1.165) is 6.54 Å². The minimum Gasteiger partial charge on any atom is -0.304 e. The number of hydrazine groups is 1. The molecule has 4 heteroatoms. The van der Waals surface area contributed by atoms with Crippen molar-refractivity contribution in [2.45, 2.75) is 13.0 Å². The third-order valence-corrected chi connectivity index (χ3v) is 1.46. The van der Waals surface area contributed by atoms with Gasteiger partial charge in [0.05, 0.1) is 6.04 Å². The first kappa shape index (κ1) is 6.51. The summed E-state index contributed by atoms with van der Waals surface area (Å²) in [6.45, 7) is 3.22. The number of piperazine rings is 1. The average Bonchev–Trinajstić information content (AvgIpc) is 1.83. The van der Waals surface area contributed by atoms with Gasteiger partial charge in [0.2, 0.25) is 0 Å². The molecule has 52 valence electrons. The van der Waals surface area contributed by atoms with E-state index in [2.05, 4.69) is 5.32 Å². The van der Waals surface area contributed by atoms with Crippen LogP contribution in [0.25, 0.3) is 0 Å². The molecule has 1 unspecified atom stereocenters. The maximum atomic E-state index is 10.9. The van der Waals surface area contributed by atoms with Gasteiger partial charge in [0.1, 0.15) is 0 Å². The summed E-state index contributed by atoms with van der Waals surface area (Å²) in [6, 6.07) is -0.108. The van der Waals surface area contributed by atoms with Crippen molar-refractivity contribution in [2.24, 2.45) is 5.84 Å². The molecule has 1 heterocycles. The zero-order chi connectivity index (χ0) is 6.85. The molecule has 0 aliphatic carbocycles. The van der Waals surface area contributed by atoms with E-state index in [-0.39, 0.29) is 11.9 Å². The summed E-state index contributed by atoms with van der Waals surface area (Å²) in [5.74, 6) is 5.29. The summed E-state index contributed by atoms with van der Waals surface area (Å²) in [6.07, 6.45) is 0. The number of carbonyl (C=O) groups is 1. The van der Waals surface area contributed by atoms with Crippen LogP contribution in [0.5, 0.6) is 0 Å². The molecule has 0 spiro atoms. The Labute approximate surface area is 54.0 Å². The monoisotopic (exact) mass is 129 g/mol. The summed E-state index contributed by atoms with van der Waals surface area (Å²) in [5.41, 5.74) is 0. The molecule has 0 radical (unpaired) electrons. The van der Waals surface area contributed by atoms with Gasteiger partial charge in [-0.25, -0.2) is 5.84 Å². The van der Waals surface area contributed by atoms with Crippen molar-refractivity contribution in [3.8, 4) is 0 Å². The van der Waals surface area contributed by atoms with E-state index in [9.17, 15) is 4.79 Å². The van der Waals surface area contributed by atoms with E-state index >= 15 is 0 Å². The van der Waals surface area contributed by atoms with Crippen LogP contribution >= 0.6 is 0 Å². The molecule has 0 aromatic rings. The average molecular weight is 129 g/mol. The Morgan fingerprint density at radius 2 is 2.56 bits per heavy atom. The fourth-order valence-corrected chi connectivity index (χ4v) is 0.848. The van der Waals surface area contributed by atoms with Crippen LogP contribution in [0.2, 0.25) is 0 Å². The third-order valence-electron chi connectivity index (χ3n) is 1.46. The van der Waals surface area contributed by atoms with E-state index in [1.165, 1.54) is 5.01 Å². The first-order valence-electron chi connectivity index (χ1n) is 3.01. The number of hydrogen-bond donors (Lipinski definition) is 2. The molecule has 0 bridgehead atoms. The lowest BCUT2D eigenvalue weighted by Crippen LogP contribution is -2.56. The predicted octanol–water partition coefficient (Wildman–Crippen LogP) is -1.32. The normalized spacial score (nSPS) is 28.9. The summed E-state index contributed by atoms with van der Waals surface area (Å²) >= 11 is 0. The van der Waals surface area contributed by atoms with Crippen LogP contribution in [0.3, 0.4) is 0 Å². The Morgan fingerprint density at radius 3 is 3.00 bits per heavy atom. The molecule has 0 saturated carbocycles. The van der Waals surface area contributed by atoms with Crippen molar-refractivity contribution in [2.75, 3.05) is 13.1 Å². The molecular formula is C5H11N3O. The van der Waals surface area contributed by atoms with Gasteiger partial charge >= 0.3 is 0 Å². The summed E-state index contributed by atoms with van der Waals surface area (Å²) in [4.78, 5) is 10.9. The molecule has 1 rings (SSSR count). The second-order valence-electron chi connectivity index (χ2n) is 2.21. The quantitative estimate of drug-likeness (QED) is 0.315. The Hall–Kier alpha value is -0.610. The number of carbonyl (C=O) groups excluding carboxylic acids is 1. The lowest BCUT2D eigenvalue weighted by Gasteiger charge is -2.27. The Balaban J connectivity index is 2.52. The van der Waals surface area contributed by atoms with Crippen molar-refractivity contribution in [3.63, 3.8) is 0 Å². The van der Waals surface area contributed by atoms with Crippen molar-refractivity contribution >= 4 is 5.91 Å². The Kier molecular flexibility index (Phi) is 1.68. The molecule has 0 aromatic carbocycles.